The van der Waals surface area contributed by atoms with E-state index in [0.29, 0.717) is 65.8 Å². The molecule has 1 fully saturated rings. The van der Waals surface area contributed by atoms with Crippen LogP contribution in [0.4, 0.5) is 0 Å². The van der Waals surface area contributed by atoms with Crippen LogP contribution in [-0.2, 0) is 48.8 Å². The maximum Gasteiger partial charge on any atom is 0.337 e. The first-order chi connectivity index (χ1) is 24.8. The number of ketones is 2. The second-order valence-corrected chi connectivity index (χ2v) is 17.3. The van der Waals surface area contributed by atoms with Crippen LogP contribution >= 0.6 is 0 Å². The number of aromatic nitrogens is 2. The zero-order valence-electron chi connectivity index (χ0n) is 29.1. The molecule has 0 saturated carbocycles. The van der Waals surface area contributed by atoms with Gasteiger partial charge in [-0.3, -0.25) is 14.5 Å². The Hall–Kier alpha value is -4.98. The van der Waals surface area contributed by atoms with E-state index in [2.05, 4.69) is 9.88 Å². The van der Waals surface area contributed by atoms with Gasteiger partial charge in [0.25, 0.3) is 10.0 Å². The number of fused-ring (bicyclic) bond motifs is 1. The molecule has 1 aliphatic rings. The Balaban J connectivity index is 1.35. The minimum atomic E-state index is -4.20. The maximum atomic E-state index is 14.3. The van der Waals surface area contributed by atoms with Crippen molar-refractivity contribution in [2.45, 2.75) is 49.3 Å². The maximum absolute atomic E-state index is 14.3. The van der Waals surface area contributed by atoms with Crippen molar-refractivity contribution in [2.75, 3.05) is 26.5 Å². The Morgan fingerprint density at radius 1 is 0.846 bits per heavy atom. The lowest BCUT2D eigenvalue weighted by atomic mass is 9.96. The molecule has 1 aliphatic heterocycles. The molecule has 0 aliphatic carbocycles. The molecule has 52 heavy (non-hydrogen) atoms. The third-order valence-corrected chi connectivity index (χ3v) is 12.9. The van der Waals surface area contributed by atoms with E-state index in [1.165, 1.54) is 38.6 Å². The number of carbonyl (C=O) groups is 3. The minimum Gasteiger partial charge on any atom is -0.465 e. The Morgan fingerprint density at radius 3 is 2.08 bits per heavy atom. The Kier molecular flexibility index (Phi) is 10.6. The number of benzene rings is 3. The van der Waals surface area contributed by atoms with Crippen LogP contribution in [0.1, 0.15) is 57.2 Å². The normalized spacial score (nSPS) is 14.4. The first kappa shape index (κ1) is 36.8. The number of nitrogens with zero attached hydrogens (tertiary/aromatic N) is 3. The molecule has 6 rings (SSSR count). The van der Waals surface area contributed by atoms with Crippen LogP contribution in [0.3, 0.4) is 0 Å². The fraction of sp³-hybridized carbons (Fsp3) is 0.282. The van der Waals surface area contributed by atoms with Crippen LogP contribution < -0.4 is 0 Å². The number of likely N-dealkylation sites (tertiary alicyclic amines) is 1. The van der Waals surface area contributed by atoms with Gasteiger partial charge in [0, 0.05) is 42.8 Å². The third kappa shape index (κ3) is 7.76. The highest BCUT2D eigenvalue weighted by atomic mass is 32.2. The molecule has 0 amide bonds. The molecule has 2 aromatic heterocycles. The molecule has 13 heteroatoms. The van der Waals surface area contributed by atoms with Crippen LogP contribution in [0.15, 0.2) is 96.0 Å². The SMILES string of the molecule is COC(=O)c1ccc(CC(=O)Cc2cnc3c(cc(-c4ccc(CN5CCC(S(C)(=O)=O)CC5)cc4)n3S(=O)(=O)c3ccccc3)c2C(C)=O)cc1. The topological polar surface area (TPSA) is 150 Å². The Labute approximate surface area is 303 Å². The van der Waals surface area contributed by atoms with E-state index < -0.39 is 25.8 Å². The number of carbonyl (C=O) groups excluding carboxylic acids is 3. The van der Waals surface area contributed by atoms with Crippen LogP contribution in [0.25, 0.3) is 22.3 Å². The monoisotopic (exact) mass is 741 g/mol. The summed E-state index contributed by atoms with van der Waals surface area (Å²) in [6, 6.07) is 23.6. The van der Waals surface area contributed by atoms with Crippen molar-refractivity contribution in [3.8, 4) is 11.3 Å². The van der Waals surface area contributed by atoms with E-state index in [1.807, 2.05) is 24.3 Å². The van der Waals surface area contributed by atoms with Gasteiger partial charge in [-0.2, -0.15) is 0 Å². The van der Waals surface area contributed by atoms with Crippen LogP contribution in [0, 0.1) is 0 Å². The quantitative estimate of drug-likeness (QED) is 0.122. The molecule has 11 nitrogen and oxygen atoms in total. The second kappa shape index (κ2) is 14.9. The Morgan fingerprint density at radius 2 is 1.48 bits per heavy atom. The van der Waals surface area contributed by atoms with E-state index >= 15 is 0 Å². The molecule has 0 bridgehead atoms. The molecule has 270 valence electrons. The van der Waals surface area contributed by atoms with E-state index in [0.717, 1.165) is 9.54 Å². The molecule has 0 N–H and O–H groups in total. The third-order valence-electron chi connectivity index (χ3n) is 9.46. The molecule has 5 aromatic rings. The highest BCUT2D eigenvalue weighted by molar-refractivity contribution is 7.91. The van der Waals surface area contributed by atoms with Crippen molar-refractivity contribution in [2.24, 2.45) is 0 Å². The number of esters is 1. The van der Waals surface area contributed by atoms with Crippen molar-refractivity contribution in [3.05, 3.63) is 119 Å². The molecule has 3 aromatic carbocycles. The number of rotatable bonds is 12. The number of piperidine rings is 1. The summed E-state index contributed by atoms with van der Waals surface area (Å²) in [6.07, 6.45) is 3.78. The molecule has 0 unspecified atom stereocenters. The van der Waals surface area contributed by atoms with E-state index in [4.69, 9.17) is 4.74 Å². The lowest BCUT2D eigenvalue weighted by Gasteiger charge is -2.31. The first-order valence-corrected chi connectivity index (χ1v) is 20.2. The molecule has 0 atom stereocenters. The summed E-state index contributed by atoms with van der Waals surface area (Å²) in [5, 5.41) is -0.00833. The second-order valence-electron chi connectivity index (χ2n) is 13.1. The standard InChI is InChI=1S/C39H39N3O8S2/c1-26(43)37-31(22-32(44)21-27-9-15-30(16-10-27)39(45)50-2)24-40-38-35(37)23-36(42(38)52(48,49)34-7-5-4-6-8-34)29-13-11-28(12-14-29)25-41-19-17-33(18-20-41)51(3,46)47/h4-16,23-24,33H,17-22,25H2,1-3H3. The molecule has 0 radical (unpaired) electrons. The number of hydrogen-bond donors (Lipinski definition) is 0. The fourth-order valence-electron chi connectivity index (χ4n) is 6.77. The summed E-state index contributed by atoms with van der Waals surface area (Å²) in [7, 11) is -5.98. The summed E-state index contributed by atoms with van der Waals surface area (Å²) in [5.41, 5.74) is 3.58. The van der Waals surface area contributed by atoms with E-state index in [-0.39, 0.29) is 45.8 Å². The van der Waals surface area contributed by atoms with Gasteiger partial charge in [-0.05, 0) is 85.4 Å². The molecular formula is C39H39N3O8S2. The highest BCUT2D eigenvalue weighted by Crippen LogP contribution is 2.35. The predicted octanol–water partition coefficient (Wildman–Crippen LogP) is 5.29. The van der Waals surface area contributed by atoms with Gasteiger partial charge in [0.15, 0.2) is 11.4 Å². The number of hydrogen-bond acceptors (Lipinski definition) is 10. The number of pyridine rings is 1. The van der Waals surface area contributed by atoms with Gasteiger partial charge in [0.1, 0.15) is 15.6 Å². The summed E-state index contributed by atoms with van der Waals surface area (Å²) in [4.78, 5) is 45.1. The zero-order chi connectivity index (χ0) is 37.2. The lowest BCUT2D eigenvalue weighted by molar-refractivity contribution is -0.117. The van der Waals surface area contributed by atoms with Crippen molar-refractivity contribution in [1.82, 2.24) is 13.9 Å². The van der Waals surface area contributed by atoms with Crippen LogP contribution in [0.5, 0.6) is 0 Å². The van der Waals surface area contributed by atoms with Gasteiger partial charge in [-0.1, -0.05) is 54.6 Å². The largest absolute Gasteiger partial charge is 0.465 e. The van der Waals surface area contributed by atoms with Gasteiger partial charge < -0.3 is 4.74 Å². The fourth-order valence-corrected chi connectivity index (χ4v) is 9.34. The van der Waals surface area contributed by atoms with E-state index in [1.54, 1.807) is 48.5 Å². The van der Waals surface area contributed by atoms with Crippen molar-refractivity contribution in [3.63, 3.8) is 0 Å². The summed E-state index contributed by atoms with van der Waals surface area (Å²) >= 11 is 0. The summed E-state index contributed by atoms with van der Waals surface area (Å²) < 4.78 is 58.4. The van der Waals surface area contributed by atoms with Crippen molar-refractivity contribution < 1.29 is 36.0 Å². The van der Waals surface area contributed by atoms with E-state index in [9.17, 15) is 31.2 Å². The molecular weight excluding hydrogens is 703 g/mol. The average Bonchev–Trinajstić information content (AvgIpc) is 3.52. The number of ether oxygens (including phenoxy) is 1. The Bertz CT molecular complexity index is 2360. The van der Waals surface area contributed by atoms with Crippen molar-refractivity contribution >= 4 is 48.4 Å². The lowest BCUT2D eigenvalue weighted by Crippen LogP contribution is -2.38. The number of Topliss-reactive ketones (excluding diaryl/α,β-unsaturated/α-hetero) is 2. The van der Waals surface area contributed by atoms with Gasteiger partial charge in [-0.25, -0.2) is 30.6 Å². The number of sulfone groups is 1. The summed E-state index contributed by atoms with van der Waals surface area (Å²) in [6.45, 7) is 3.32. The van der Waals surface area contributed by atoms with Gasteiger partial charge in [0.05, 0.1) is 28.5 Å². The zero-order valence-corrected chi connectivity index (χ0v) is 30.7. The smallest absolute Gasteiger partial charge is 0.337 e. The van der Waals surface area contributed by atoms with Gasteiger partial charge in [-0.15, -0.1) is 0 Å². The van der Waals surface area contributed by atoms with Gasteiger partial charge >= 0.3 is 5.97 Å². The van der Waals surface area contributed by atoms with Crippen LogP contribution in [0.2, 0.25) is 0 Å². The predicted molar refractivity (Wildman–Crippen MR) is 198 cm³/mol. The number of methoxy groups -OCH3 is 1. The van der Waals surface area contributed by atoms with Gasteiger partial charge in [0.2, 0.25) is 0 Å². The average molecular weight is 742 g/mol. The van der Waals surface area contributed by atoms with Crippen LogP contribution in [-0.4, -0.2) is 79.9 Å². The first-order valence-electron chi connectivity index (χ1n) is 16.8. The summed E-state index contributed by atoms with van der Waals surface area (Å²) in [5.74, 6) is -1.01. The molecule has 3 heterocycles. The highest BCUT2D eigenvalue weighted by Gasteiger charge is 2.29. The minimum absolute atomic E-state index is 0.0477. The molecule has 1 saturated heterocycles. The van der Waals surface area contributed by atoms with Crippen molar-refractivity contribution in [1.29, 1.82) is 0 Å². The molecule has 0 spiro atoms.